The van der Waals surface area contributed by atoms with Crippen molar-refractivity contribution in [2.24, 2.45) is 5.73 Å². The van der Waals surface area contributed by atoms with Gasteiger partial charge in [-0.25, -0.2) is 0 Å². The molecule has 8 nitrogen and oxygen atoms in total. The largest absolute Gasteiger partial charge is 0.367 e. The van der Waals surface area contributed by atoms with Crippen LogP contribution in [0.15, 0.2) is 18.2 Å². The minimum absolute atomic E-state index is 0.0338. The third-order valence-electron chi connectivity index (χ3n) is 3.06. The van der Waals surface area contributed by atoms with Gasteiger partial charge in [-0.2, -0.15) is 0 Å². The van der Waals surface area contributed by atoms with E-state index in [0.717, 1.165) is 6.07 Å². The molecule has 112 valence electrons. The van der Waals surface area contributed by atoms with Gasteiger partial charge in [-0.05, 0) is 12.1 Å². The maximum atomic E-state index is 12.4. The summed E-state index contributed by atoms with van der Waals surface area (Å²) in [5.41, 5.74) is 4.67. The van der Waals surface area contributed by atoms with Crippen molar-refractivity contribution in [3.05, 3.63) is 38.9 Å². The summed E-state index contributed by atoms with van der Waals surface area (Å²) in [4.78, 5) is 35.1. The van der Waals surface area contributed by atoms with Crippen LogP contribution in [0.25, 0.3) is 0 Å². The number of hydrogen-bond acceptors (Lipinski definition) is 5. The third kappa shape index (κ3) is 3.29. The Morgan fingerprint density at radius 1 is 1.48 bits per heavy atom. The van der Waals surface area contributed by atoms with Crippen molar-refractivity contribution in [3.63, 3.8) is 0 Å². The summed E-state index contributed by atoms with van der Waals surface area (Å²) in [6.45, 7) is 0.330. The van der Waals surface area contributed by atoms with Crippen LogP contribution in [0, 0.1) is 10.1 Å². The third-order valence-corrected chi connectivity index (χ3v) is 3.29. The summed E-state index contributed by atoms with van der Waals surface area (Å²) < 4.78 is 5.13. The number of carbonyl (C=O) groups is 2. The van der Waals surface area contributed by atoms with Gasteiger partial charge in [-0.3, -0.25) is 19.7 Å². The van der Waals surface area contributed by atoms with Crippen molar-refractivity contribution in [1.82, 2.24) is 4.90 Å². The zero-order chi connectivity index (χ0) is 15.6. The van der Waals surface area contributed by atoms with Crippen LogP contribution in [-0.4, -0.2) is 47.4 Å². The Morgan fingerprint density at radius 3 is 2.81 bits per heavy atom. The van der Waals surface area contributed by atoms with E-state index >= 15 is 0 Å². The molecule has 2 N–H and O–H groups in total. The molecule has 0 spiro atoms. The number of morpholine rings is 1. The second-order valence-corrected chi connectivity index (χ2v) is 4.87. The molecule has 0 aliphatic carbocycles. The average Bonchev–Trinajstić information content (AvgIpc) is 2.46. The molecule has 0 saturated carbocycles. The number of hydrogen-bond donors (Lipinski definition) is 1. The van der Waals surface area contributed by atoms with Gasteiger partial charge in [0.25, 0.3) is 11.6 Å². The number of carbonyl (C=O) groups excluding carboxylic acids is 2. The smallest absolute Gasteiger partial charge is 0.283 e. The van der Waals surface area contributed by atoms with Crippen LogP contribution in [0.3, 0.4) is 0 Å². The fourth-order valence-corrected chi connectivity index (χ4v) is 2.18. The van der Waals surface area contributed by atoms with E-state index in [9.17, 15) is 19.7 Å². The lowest BCUT2D eigenvalue weighted by Gasteiger charge is -2.31. The Morgan fingerprint density at radius 2 is 2.19 bits per heavy atom. The van der Waals surface area contributed by atoms with E-state index < -0.39 is 22.8 Å². The lowest BCUT2D eigenvalue weighted by Crippen LogP contribution is -2.50. The Hall–Kier alpha value is -2.19. The highest BCUT2D eigenvalue weighted by molar-refractivity contribution is 6.31. The van der Waals surface area contributed by atoms with E-state index in [-0.39, 0.29) is 36.0 Å². The van der Waals surface area contributed by atoms with Crippen LogP contribution in [0.1, 0.15) is 10.4 Å². The van der Waals surface area contributed by atoms with Gasteiger partial charge in [0.05, 0.1) is 18.1 Å². The lowest BCUT2D eigenvalue weighted by atomic mass is 10.1. The summed E-state index contributed by atoms with van der Waals surface area (Å²) >= 11 is 5.71. The van der Waals surface area contributed by atoms with Crippen molar-refractivity contribution < 1.29 is 19.2 Å². The molecule has 1 aliphatic heterocycles. The second-order valence-electron chi connectivity index (χ2n) is 4.43. The minimum atomic E-state index is -0.908. The molecule has 1 saturated heterocycles. The number of nitrogens with two attached hydrogens (primary N) is 1. The minimum Gasteiger partial charge on any atom is -0.367 e. The number of amides is 2. The number of halogens is 1. The maximum absolute atomic E-state index is 12.4. The average molecular weight is 314 g/mol. The number of nitro benzene ring substituents is 1. The van der Waals surface area contributed by atoms with Gasteiger partial charge < -0.3 is 15.4 Å². The molecule has 1 aliphatic rings. The molecule has 1 aromatic carbocycles. The molecule has 21 heavy (non-hydrogen) atoms. The van der Waals surface area contributed by atoms with Gasteiger partial charge in [0.15, 0.2) is 6.10 Å². The van der Waals surface area contributed by atoms with Crippen LogP contribution in [0.4, 0.5) is 5.69 Å². The molecule has 1 fully saturated rings. The Balaban J connectivity index is 2.28. The Bertz CT molecular complexity index is 607. The van der Waals surface area contributed by atoms with Crippen molar-refractivity contribution in [2.45, 2.75) is 6.10 Å². The van der Waals surface area contributed by atoms with E-state index in [4.69, 9.17) is 22.1 Å². The monoisotopic (exact) mass is 313 g/mol. The fourth-order valence-electron chi connectivity index (χ4n) is 2.01. The van der Waals surface area contributed by atoms with Crippen LogP contribution in [0.5, 0.6) is 0 Å². The second kappa shape index (κ2) is 6.06. The zero-order valence-corrected chi connectivity index (χ0v) is 11.6. The molecule has 0 bridgehead atoms. The van der Waals surface area contributed by atoms with Crippen LogP contribution in [-0.2, 0) is 9.53 Å². The summed E-state index contributed by atoms with van der Waals surface area (Å²) in [5.74, 6) is -1.24. The molecule has 1 atom stereocenters. The number of benzene rings is 1. The topological polar surface area (TPSA) is 116 Å². The molecule has 9 heteroatoms. The van der Waals surface area contributed by atoms with Gasteiger partial charge in [-0.1, -0.05) is 11.6 Å². The molecular formula is C12H12ClN3O5. The number of rotatable bonds is 3. The number of primary amides is 1. The SMILES string of the molecule is NC(=O)C1CN(C(=O)c2ccc(Cl)cc2[N+](=O)[O-])CCO1. The van der Waals surface area contributed by atoms with E-state index in [1.165, 1.54) is 17.0 Å². The molecule has 1 aromatic rings. The van der Waals surface area contributed by atoms with Crippen LogP contribution in [0.2, 0.25) is 5.02 Å². The number of ether oxygens (including phenoxy) is 1. The molecule has 0 aromatic heterocycles. The summed E-state index contributed by atoms with van der Waals surface area (Å²) in [7, 11) is 0. The molecule has 2 amide bonds. The standard InChI is InChI=1S/C12H12ClN3O5/c13-7-1-2-8(9(5-7)16(19)20)12(18)15-3-4-21-10(6-15)11(14)17/h1-2,5,10H,3-4,6H2,(H2,14,17). The number of nitro groups is 1. The van der Waals surface area contributed by atoms with Crippen molar-refractivity contribution in [3.8, 4) is 0 Å². The highest BCUT2D eigenvalue weighted by atomic mass is 35.5. The van der Waals surface area contributed by atoms with E-state index in [1.54, 1.807) is 0 Å². The first-order valence-electron chi connectivity index (χ1n) is 6.04. The van der Waals surface area contributed by atoms with Gasteiger partial charge in [0.1, 0.15) is 5.56 Å². The number of nitrogens with zero attached hydrogens (tertiary/aromatic N) is 2. The van der Waals surface area contributed by atoms with Crippen molar-refractivity contribution in [1.29, 1.82) is 0 Å². The van der Waals surface area contributed by atoms with Gasteiger partial charge >= 0.3 is 0 Å². The molecular weight excluding hydrogens is 302 g/mol. The fraction of sp³-hybridized carbons (Fsp3) is 0.333. The molecule has 1 unspecified atom stereocenters. The zero-order valence-electron chi connectivity index (χ0n) is 10.8. The normalized spacial score (nSPS) is 18.3. The Kier molecular flexibility index (Phi) is 4.39. The first kappa shape index (κ1) is 15.2. The lowest BCUT2D eigenvalue weighted by molar-refractivity contribution is -0.385. The van der Waals surface area contributed by atoms with E-state index in [1.807, 2.05) is 0 Å². The summed E-state index contributed by atoms with van der Waals surface area (Å²) in [6.07, 6.45) is -0.908. The highest BCUT2D eigenvalue weighted by Crippen LogP contribution is 2.25. The molecule has 1 heterocycles. The Labute approximate surface area is 124 Å². The summed E-state index contributed by atoms with van der Waals surface area (Å²) in [6, 6.07) is 3.80. The van der Waals surface area contributed by atoms with Crippen LogP contribution < -0.4 is 5.73 Å². The maximum Gasteiger partial charge on any atom is 0.283 e. The first-order valence-corrected chi connectivity index (χ1v) is 6.42. The van der Waals surface area contributed by atoms with Gasteiger partial charge in [0, 0.05) is 17.6 Å². The predicted molar refractivity (Wildman–Crippen MR) is 72.9 cm³/mol. The van der Waals surface area contributed by atoms with Crippen molar-refractivity contribution >= 4 is 29.1 Å². The van der Waals surface area contributed by atoms with Gasteiger partial charge in [-0.15, -0.1) is 0 Å². The van der Waals surface area contributed by atoms with E-state index in [0.29, 0.717) is 0 Å². The quantitative estimate of drug-likeness (QED) is 0.647. The predicted octanol–water partition coefficient (Wildman–Crippen LogP) is 0.574. The van der Waals surface area contributed by atoms with Gasteiger partial charge in [0.2, 0.25) is 5.91 Å². The molecule has 0 radical (unpaired) electrons. The van der Waals surface area contributed by atoms with Crippen molar-refractivity contribution in [2.75, 3.05) is 19.7 Å². The summed E-state index contributed by atoms with van der Waals surface area (Å²) in [5, 5.41) is 11.2. The van der Waals surface area contributed by atoms with Crippen LogP contribution >= 0.6 is 11.6 Å². The van der Waals surface area contributed by atoms with E-state index in [2.05, 4.69) is 0 Å². The first-order chi connectivity index (χ1) is 9.90. The highest BCUT2D eigenvalue weighted by Gasteiger charge is 2.31. The molecule has 2 rings (SSSR count).